The summed E-state index contributed by atoms with van der Waals surface area (Å²) in [6.07, 6.45) is 1.21. The molecule has 1 aromatic carbocycles. The highest BCUT2D eigenvalue weighted by atomic mass is 32.1. The van der Waals surface area contributed by atoms with Gasteiger partial charge in [-0.05, 0) is 44.1 Å². The molecule has 1 aliphatic heterocycles. The van der Waals surface area contributed by atoms with Gasteiger partial charge in [-0.2, -0.15) is 0 Å². The number of hydrogen-bond acceptors (Lipinski definition) is 3. The van der Waals surface area contributed by atoms with E-state index in [0.717, 1.165) is 5.69 Å². The first kappa shape index (κ1) is 16.2. The maximum Gasteiger partial charge on any atom is 0.326 e. The fourth-order valence-corrected chi connectivity index (χ4v) is 2.78. The molecule has 22 heavy (non-hydrogen) atoms. The number of benzene rings is 1. The monoisotopic (exact) mass is 321 g/mol. The summed E-state index contributed by atoms with van der Waals surface area (Å²) in [7, 11) is 0. The Morgan fingerprint density at radius 2 is 2.05 bits per heavy atom. The average Bonchev–Trinajstić information content (AvgIpc) is 2.96. The van der Waals surface area contributed by atoms with Gasteiger partial charge in [-0.15, -0.1) is 0 Å². The van der Waals surface area contributed by atoms with E-state index in [0.29, 0.717) is 24.5 Å². The molecule has 0 bridgehead atoms. The lowest BCUT2D eigenvalue weighted by Gasteiger charge is -2.26. The highest BCUT2D eigenvalue weighted by Gasteiger charge is 2.35. The number of carboxylic acids is 1. The van der Waals surface area contributed by atoms with Gasteiger partial charge in [0.15, 0.2) is 5.11 Å². The second kappa shape index (κ2) is 7.22. The van der Waals surface area contributed by atoms with Gasteiger partial charge in [-0.3, -0.25) is 4.79 Å². The number of amides is 1. The van der Waals surface area contributed by atoms with Crippen molar-refractivity contribution in [2.24, 2.45) is 0 Å². The van der Waals surface area contributed by atoms with Gasteiger partial charge in [-0.25, -0.2) is 4.79 Å². The predicted octanol–water partition coefficient (Wildman–Crippen LogP) is 1.44. The standard InChI is InChI=1S/C15H19N3O3S/c1-10(13(19)18-9-5-8-12(18)14(20)21)16-15(22)17-11-6-3-2-4-7-11/h2-4,6-7,10,12H,5,8-9H2,1H3,(H,20,21)(H2,16,17,22)/t10-,12-/m0/s1. The van der Waals surface area contributed by atoms with Crippen LogP contribution in [0.4, 0.5) is 5.69 Å². The van der Waals surface area contributed by atoms with Gasteiger partial charge in [0.05, 0.1) is 0 Å². The first-order valence-electron chi connectivity index (χ1n) is 7.15. The van der Waals surface area contributed by atoms with Gasteiger partial charge in [0.2, 0.25) is 5.91 Å². The van der Waals surface area contributed by atoms with Gasteiger partial charge in [0.25, 0.3) is 0 Å². The van der Waals surface area contributed by atoms with Crippen molar-refractivity contribution in [3.8, 4) is 0 Å². The molecule has 6 nitrogen and oxygen atoms in total. The Morgan fingerprint density at radius 1 is 1.36 bits per heavy atom. The molecule has 118 valence electrons. The highest BCUT2D eigenvalue weighted by Crippen LogP contribution is 2.18. The van der Waals surface area contributed by atoms with Crippen molar-refractivity contribution in [3.63, 3.8) is 0 Å². The van der Waals surface area contributed by atoms with Crippen LogP contribution in [0.25, 0.3) is 0 Å². The number of aliphatic carboxylic acids is 1. The quantitative estimate of drug-likeness (QED) is 0.728. The Hall–Kier alpha value is -2.15. The topological polar surface area (TPSA) is 81.7 Å². The van der Waals surface area contributed by atoms with Crippen LogP contribution in [0.5, 0.6) is 0 Å². The van der Waals surface area contributed by atoms with Crippen LogP contribution in [-0.2, 0) is 9.59 Å². The maximum absolute atomic E-state index is 12.4. The van der Waals surface area contributed by atoms with E-state index in [1.54, 1.807) is 6.92 Å². The SMILES string of the molecule is C[C@H](NC(=S)Nc1ccccc1)C(=O)N1CCC[C@H]1C(=O)O. The van der Waals surface area contributed by atoms with E-state index in [1.807, 2.05) is 30.3 Å². The Kier molecular flexibility index (Phi) is 5.32. The van der Waals surface area contributed by atoms with Crippen LogP contribution in [0, 0.1) is 0 Å². The van der Waals surface area contributed by atoms with Gasteiger partial charge >= 0.3 is 5.97 Å². The molecule has 0 aromatic heterocycles. The average molecular weight is 321 g/mol. The summed E-state index contributed by atoms with van der Waals surface area (Å²) in [5, 5.41) is 15.4. The third-order valence-electron chi connectivity index (χ3n) is 3.57. The van der Waals surface area contributed by atoms with Gasteiger partial charge in [0.1, 0.15) is 12.1 Å². The first-order chi connectivity index (χ1) is 10.5. The lowest BCUT2D eigenvalue weighted by Crippen LogP contribution is -2.51. The molecule has 1 amide bonds. The number of para-hydroxylation sites is 1. The molecular weight excluding hydrogens is 302 g/mol. The highest BCUT2D eigenvalue weighted by molar-refractivity contribution is 7.80. The molecule has 2 rings (SSSR count). The molecule has 1 saturated heterocycles. The number of carboxylic acid groups (broad SMARTS) is 1. The van der Waals surface area contributed by atoms with Crippen LogP contribution in [0.2, 0.25) is 0 Å². The molecule has 7 heteroatoms. The summed E-state index contributed by atoms with van der Waals surface area (Å²) >= 11 is 5.18. The third-order valence-corrected chi connectivity index (χ3v) is 3.79. The van der Waals surface area contributed by atoms with Crippen molar-refractivity contribution in [2.45, 2.75) is 31.8 Å². The fraction of sp³-hybridized carbons (Fsp3) is 0.400. The lowest BCUT2D eigenvalue weighted by atomic mass is 10.2. The number of thiocarbonyl (C=S) groups is 1. The first-order valence-corrected chi connectivity index (χ1v) is 7.55. The molecule has 0 saturated carbocycles. The molecule has 0 radical (unpaired) electrons. The van der Waals surface area contributed by atoms with Crippen LogP contribution in [0.1, 0.15) is 19.8 Å². The Morgan fingerprint density at radius 3 is 2.68 bits per heavy atom. The minimum Gasteiger partial charge on any atom is -0.480 e. The van der Waals surface area contributed by atoms with E-state index >= 15 is 0 Å². The number of nitrogens with zero attached hydrogens (tertiary/aromatic N) is 1. The molecule has 0 aliphatic carbocycles. The van der Waals surface area contributed by atoms with Crippen LogP contribution in [0.15, 0.2) is 30.3 Å². The zero-order valence-electron chi connectivity index (χ0n) is 12.3. The molecule has 1 aromatic rings. The second-order valence-electron chi connectivity index (χ2n) is 5.21. The van der Waals surface area contributed by atoms with E-state index in [9.17, 15) is 9.59 Å². The van der Waals surface area contributed by atoms with Crippen molar-refractivity contribution < 1.29 is 14.7 Å². The zero-order chi connectivity index (χ0) is 16.1. The third kappa shape index (κ3) is 3.94. The van der Waals surface area contributed by atoms with Crippen LogP contribution < -0.4 is 10.6 Å². The van der Waals surface area contributed by atoms with E-state index < -0.39 is 18.1 Å². The molecule has 3 N–H and O–H groups in total. The molecule has 2 atom stereocenters. The predicted molar refractivity (Wildman–Crippen MR) is 87.6 cm³/mol. The summed E-state index contributed by atoms with van der Waals surface area (Å²) in [6.45, 7) is 2.15. The molecular formula is C15H19N3O3S. The normalized spacial score (nSPS) is 18.6. The van der Waals surface area contributed by atoms with Gasteiger partial charge in [0, 0.05) is 12.2 Å². The Bertz CT molecular complexity index is 564. The number of nitrogens with one attached hydrogen (secondary N) is 2. The van der Waals surface area contributed by atoms with E-state index in [2.05, 4.69) is 10.6 Å². The molecule has 0 unspecified atom stereocenters. The van der Waals surface area contributed by atoms with E-state index in [1.165, 1.54) is 4.90 Å². The summed E-state index contributed by atoms with van der Waals surface area (Å²) in [5.41, 5.74) is 0.823. The van der Waals surface area contributed by atoms with Crippen LogP contribution in [-0.4, -0.2) is 45.6 Å². The largest absolute Gasteiger partial charge is 0.480 e. The zero-order valence-corrected chi connectivity index (χ0v) is 13.1. The Labute approximate surface area is 134 Å². The number of likely N-dealkylation sites (tertiary alicyclic amines) is 1. The molecule has 0 spiro atoms. The van der Waals surface area contributed by atoms with Crippen molar-refractivity contribution in [2.75, 3.05) is 11.9 Å². The smallest absolute Gasteiger partial charge is 0.326 e. The lowest BCUT2D eigenvalue weighted by molar-refractivity contribution is -0.148. The second-order valence-corrected chi connectivity index (χ2v) is 5.62. The van der Waals surface area contributed by atoms with Crippen molar-refractivity contribution in [1.29, 1.82) is 0 Å². The fourth-order valence-electron chi connectivity index (χ4n) is 2.48. The number of hydrogen-bond donors (Lipinski definition) is 3. The van der Waals surface area contributed by atoms with Gasteiger partial charge in [-0.1, -0.05) is 18.2 Å². The molecule has 1 fully saturated rings. The van der Waals surface area contributed by atoms with E-state index in [4.69, 9.17) is 17.3 Å². The van der Waals surface area contributed by atoms with Crippen LogP contribution >= 0.6 is 12.2 Å². The van der Waals surface area contributed by atoms with Crippen molar-refractivity contribution in [1.82, 2.24) is 10.2 Å². The van der Waals surface area contributed by atoms with Crippen molar-refractivity contribution >= 4 is 34.9 Å². The Balaban J connectivity index is 1.91. The van der Waals surface area contributed by atoms with E-state index in [-0.39, 0.29) is 5.91 Å². The minimum absolute atomic E-state index is 0.248. The maximum atomic E-state index is 12.4. The summed E-state index contributed by atoms with van der Waals surface area (Å²) in [4.78, 5) is 24.9. The molecule has 1 aliphatic rings. The number of rotatable bonds is 4. The number of carbonyl (C=O) groups excluding carboxylic acids is 1. The summed E-state index contributed by atoms with van der Waals surface area (Å²) in [5.74, 6) is -1.20. The summed E-state index contributed by atoms with van der Waals surface area (Å²) in [6, 6.07) is 8.06. The number of anilines is 1. The molecule has 1 heterocycles. The summed E-state index contributed by atoms with van der Waals surface area (Å²) < 4.78 is 0. The minimum atomic E-state index is -0.956. The number of carbonyl (C=O) groups is 2. The van der Waals surface area contributed by atoms with Crippen LogP contribution in [0.3, 0.4) is 0 Å². The van der Waals surface area contributed by atoms with Crippen molar-refractivity contribution in [3.05, 3.63) is 30.3 Å². The van der Waals surface area contributed by atoms with Gasteiger partial charge < -0.3 is 20.6 Å².